The van der Waals surface area contributed by atoms with Crippen LogP contribution in [0.2, 0.25) is 0 Å². The van der Waals surface area contributed by atoms with Crippen molar-refractivity contribution in [1.82, 2.24) is 0 Å². The Kier molecular flexibility index (Phi) is 5.16. The number of benzene rings is 3. The minimum absolute atomic E-state index is 0.607. The van der Waals surface area contributed by atoms with Crippen LogP contribution in [0.4, 0.5) is 11.4 Å². The molecule has 0 bridgehead atoms. The maximum Gasteiger partial charge on any atom is 0.0998 e. The van der Waals surface area contributed by atoms with Gasteiger partial charge in [0.1, 0.15) is 0 Å². The van der Waals surface area contributed by atoms with Crippen molar-refractivity contribution in [2.45, 2.75) is 0 Å². The molecule has 0 saturated heterocycles. The second-order valence-electron chi connectivity index (χ2n) is 5.96. The Morgan fingerprint density at radius 3 is 1.58 bits per heavy atom. The summed E-state index contributed by atoms with van der Waals surface area (Å²) in [5.74, 6) is 0. The molecule has 0 aliphatic carbocycles. The van der Waals surface area contributed by atoms with Crippen LogP contribution >= 0.6 is 0 Å². The summed E-state index contributed by atoms with van der Waals surface area (Å²) in [6.07, 6.45) is 5.96. The van der Waals surface area contributed by atoms with Gasteiger partial charge in [-0.3, -0.25) is 0 Å². The number of anilines is 2. The molecule has 126 valence electrons. The lowest BCUT2D eigenvalue weighted by Gasteiger charge is -2.01. The molecule has 3 rings (SSSR count). The molecule has 0 atom stereocenters. The normalized spacial score (nSPS) is 11.4. The van der Waals surface area contributed by atoms with Gasteiger partial charge >= 0.3 is 0 Å². The fourth-order valence-corrected chi connectivity index (χ4v) is 2.51. The molecule has 3 aromatic carbocycles. The molecule has 0 aliphatic rings. The van der Waals surface area contributed by atoms with Gasteiger partial charge in [0.05, 0.1) is 11.6 Å². The van der Waals surface area contributed by atoms with E-state index >= 15 is 0 Å². The Morgan fingerprint density at radius 2 is 1.08 bits per heavy atom. The van der Waals surface area contributed by atoms with Crippen LogP contribution in [-0.4, -0.2) is 0 Å². The average Bonchev–Trinajstić information content (AvgIpc) is 2.67. The van der Waals surface area contributed by atoms with E-state index in [1.54, 1.807) is 12.1 Å². The van der Waals surface area contributed by atoms with Gasteiger partial charge in [-0.2, -0.15) is 5.26 Å². The molecule has 3 nitrogen and oxygen atoms in total. The Labute approximate surface area is 153 Å². The Bertz CT molecular complexity index is 972. The lowest BCUT2D eigenvalue weighted by atomic mass is 10.0. The van der Waals surface area contributed by atoms with Crippen molar-refractivity contribution in [2.75, 3.05) is 11.5 Å². The van der Waals surface area contributed by atoms with Gasteiger partial charge in [-0.15, -0.1) is 0 Å². The largest absolute Gasteiger partial charge is 0.399 e. The fraction of sp³-hybridized carbons (Fsp3) is 0. The van der Waals surface area contributed by atoms with E-state index in [1.165, 1.54) is 0 Å². The molecule has 3 aromatic rings. The van der Waals surface area contributed by atoms with Crippen molar-refractivity contribution >= 4 is 35.2 Å². The predicted molar refractivity (Wildman–Crippen MR) is 111 cm³/mol. The topological polar surface area (TPSA) is 75.8 Å². The monoisotopic (exact) mass is 337 g/mol. The van der Waals surface area contributed by atoms with E-state index in [4.69, 9.17) is 11.5 Å². The molecule has 26 heavy (non-hydrogen) atoms. The summed E-state index contributed by atoms with van der Waals surface area (Å²) in [7, 11) is 0. The van der Waals surface area contributed by atoms with Crippen molar-refractivity contribution in [3.8, 4) is 6.07 Å². The number of rotatable bonds is 4. The summed E-state index contributed by atoms with van der Waals surface area (Å²) in [6.45, 7) is 0. The van der Waals surface area contributed by atoms with Crippen molar-refractivity contribution in [1.29, 1.82) is 5.26 Å². The molecular weight excluding hydrogens is 318 g/mol. The third-order valence-corrected chi connectivity index (χ3v) is 3.99. The first-order valence-electron chi connectivity index (χ1n) is 8.25. The summed E-state index contributed by atoms with van der Waals surface area (Å²) < 4.78 is 0. The van der Waals surface area contributed by atoms with Gasteiger partial charge in [0.2, 0.25) is 0 Å². The first kappa shape index (κ1) is 17.1. The van der Waals surface area contributed by atoms with Crippen LogP contribution in [-0.2, 0) is 0 Å². The number of hydrogen-bond donors (Lipinski definition) is 2. The van der Waals surface area contributed by atoms with Gasteiger partial charge in [0.25, 0.3) is 0 Å². The van der Waals surface area contributed by atoms with Gasteiger partial charge in [0.15, 0.2) is 0 Å². The van der Waals surface area contributed by atoms with E-state index in [9.17, 15) is 5.26 Å². The second-order valence-corrected chi connectivity index (χ2v) is 5.96. The maximum atomic E-state index is 9.42. The predicted octanol–water partition coefficient (Wildman–Crippen LogP) is 5.09. The first-order valence-corrected chi connectivity index (χ1v) is 8.25. The lowest BCUT2D eigenvalue weighted by Crippen LogP contribution is -1.86. The molecule has 0 unspecified atom stereocenters. The van der Waals surface area contributed by atoms with Crippen LogP contribution < -0.4 is 11.5 Å². The summed E-state index contributed by atoms with van der Waals surface area (Å²) in [6, 6.07) is 25.3. The Hall–Kier alpha value is -3.77. The molecule has 0 aliphatic heterocycles. The first-order chi connectivity index (χ1) is 12.6. The van der Waals surface area contributed by atoms with Crippen molar-refractivity contribution in [3.05, 3.63) is 95.1 Å². The van der Waals surface area contributed by atoms with E-state index < -0.39 is 0 Å². The third kappa shape index (κ3) is 4.40. The molecule has 0 fully saturated rings. The SMILES string of the molecule is N#C/C(=C\c1ccc(/C=C/c2ccc(N)cc2)cc1)c1ccc(N)cc1. The molecule has 3 heteroatoms. The zero-order chi connectivity index (χ0) is 18.4. The van der Waals surface area contributed by atoms with Crippen LogP contribution in [0, 0.1) is 11.3 Å². The Morgan fingerprint density at radius 1 is 0.654 bits per heavy atom. The van der Waals surface area contributed by atoms with E-state index in [-0.39, 0.29) is 0 Å². The molecule has 0 radical (unpaired) electrons. The highest BCUT2D eigenvalue weighted by atomic mass is 14.5. The molecule has 0 amide bonds. The second kappa shape index (κ2) is 7.87. The van der Waals surface area contributed by atoms with Crippen molar-refractivity contribution in [2.24, 2.45) is 0 Å². The quantitative estimate of drug-likeness (QED) is 0.396. The minimum Gasteiger partial charge on any atom is -0.399 e. The highest BCUT2D eigenvalue weighted by Gasteiger charge is 2.01. The number of nitrogen functional groups attached to an aromatic ring is 2. The number of nitrogens with two attached hydrogens (primary N) is 2. The summed E-state index contributed by atoms with van der Waals surface area (Å²) >= 11 is 0. The number of allylic oxidation sites excluding steroid dienone is 1. The van der Waals surface area contributed by atoms with Gasteiger partial charge in [0, 0.05) is 11.4 Å². The standard InChI is InChI=1S/C23H19N3/c24-16-21(20-9-13-23(26)14-10-20)15-19-5-3-17(4-6-19)1-2-18-7-11-22(25)12-8-18/h1-15H,25-26H2/b2-1+,21-15+. The fourth-order valence-electron chi connectivity index (χ4n) is 2.51. The number of hydrogen-bond acceptors (Lipinski definition) is 3. The third-order valence-electron chi connectivity index (χ3n) is 3.99. The molecule has 4 N–H and O–H groups in total. The smallest absolute Gasteiger partial charge is 0.0998 e. The van der Waals surface area contributed by atoms with Gasteiger partial charge < -0.3 is 11.5 Å². The van der Waals surface area contributed by atoms with Crippen molar-refractivity contribution in [3.63, 3.8) is 0 Å². The Balaban J connectivity index is 1.77. The molecule has 0 aromatic heterocycles. The zero-order valence-electron chi connectivity index (χ0n) is 14.3. The van der Waals surface area contributed by atoms with E-state index in [0.29, 0.717) is 11.3 Å². The van der Waals surface area contributed by atoms with Crippen LogP contribution in [0.15, 0.2) is 72.8 Å². The lowest BCUT2D eigenvalue weighted by molar-refractivity contribution is 1.52. The molecular formula is C23H19N3. The molecule has 0 saturated carbocycles. The highest BCUT2D eigenvalue weighted by molar-refractivity contribution is 5.90. The van der Waals surface area contributed by atoms with Crippen LogP contribution in [0.3, 0.4) is 0 Å². The summed E-state index contributed by atoms with van der Waals surface area (Å²) in [5, 5.41) is 9.42. The highest BCUT2D eigenvalue weighted by Crippen LogP contribution is 2.20. The van der Waals surface area contributed by atoms with E-state index in [1.807, 2.05) is 78.9 Å². The van der Waals surface area contributed by atoms with E-state index in [0.717, 1.165) is 27.9 Å². The number of nitriles is 1. The molecule has 0 spiro atoms. The van der Waals surface area contributed by atoms with Crippen molar-refractivity contribution < 1.29 is 0 Å². The summed E-state index contributed by atoms with van der Waals surface area (Å²) in [5.41, 5.74) is 17.5. The number of nitrogens with zero attached hydrogens (tertiary/aromatic N) is 1. The minimum atomic E-state index is 0.607. The van der Waals surface area contributed by atoms with Crippen LogP contribution in [0.1, 0.15) is 22.3 Å². The zero-order valence-corrected chi connectivity index (χ0v) is 14.3. The van der Waals surface area contributed by atoms with Gasteiger partial charge in [-0.1, -0.05) is 60.7 Å². The van der Waals surface area contributed by atoms with Gasteiger partial charge in [-0.25, -0.2) is 0 Å². The summed E-state index contributed by atoms with van der Waals surface area (Å²) in [4.78, 5) is 0. The van der Waals surface area contributed by atoms with Crippen LogP contribution in [0.5, 0.6) is 0 Å². The average molecular weight is 337 g/mol. The molecule has 0 heterocycles. The maximum absolute atomic E-state index is 9.42. The van der Waals surface area contributed by atoms with Crippen LogP contribution in [0.25, 0.3) is 23.8 Å². The van der Waals surface area contributed by atoms with E-state index in [2.05, 4.69) is 6.07 Å². The van der Waals surface area contributed by atoms with Gasteiger partial charge in [-0.05, 0) is 52.6 Å².